The highest BCUT2D eigenvalue weighted by Gasteiger charge is 2.11. The molecule has 0 amide bonds. The zero-order chi connectivity index (χ0) is 14.4. The Morgan fingerprint density at radius 3 is 2.25 bits per heavy atom. The summed E-state index contributed by atoms with van der Waals surface area (Å²) in [6.07, 6.45) is 0.0107. The number of hydrogen-bond acceptors (Lipinski definition) is 2. The summed E-state index contributed by atoms with van der Waals surface area (Å²) in [5.41, 5.74) is 2.23. The second-order valence-corrected chi connectivity index (χ2v) is 5.44. The number of benzene rings is 2. The van der Waals surface area contributed by atoms with Gasteiger partial charge in [-0.1, -0.05) is 51.8 Å². The molecule has 0 aromatic heterocycles. The van der Waals surface area contributed by atoms with Gasteiger partial charge in [-0.25, -0.2) is 0 Å². The minimum atomic E-state index is 0.0107. The van der Waals surface area contributed by atoms with Crippen LogP contribution in [0.2, 0.25) is 5.02 Å². The topological polar surface area (TPSA) is 18.5 Å². The quantitative estimate of drug-likeness (QED) is 0.679. The lowest BCUT2D eigenvalue weighted by Gasteiger charge is -2.16. The summed E-state index contributed by atoms with van der Waals surface area (Å²) < 4.78 is 11.1. The van der Waals surface area contributed by atoms with Crippen molar-refractivity contribution in [3.05, 3.63) is 64.7 Å². The van der Waals surface area contributed by atoms with Crippen molar-refractivity contribution in [1.82, 2.24) is 0 Å². The second-order valence-electron chi connectivity index (χ2n) is 4.35. The van der Waals surface area contributed by atoms with Crippen molar-refractivity contribution >= 4 is 27.5 Å². The summed E-state index contributed by atoms with van der Waals surface area (Å²) in [5.74, 6) is 0.847. The van der Waals surface area contributed by atoms with Gasteiger partial charge in [0, 0.05) is 10.4 Å². The molecule has 1 unspecified atom stereocenters. The van der Waals surface area contributed by atoms with Gasteiger partial charge in [-0.3, -0.25) is 0 Å². The Morgan fingerprint density at radius 2 is 1.70 bits per heavy atom. The SMILES string of the molecule is COc1ccc(C(CBr)OCc2ccc(Cl)cc2)cc1. The molecule has 2 aromatic rings. The van der Waals surface area contributed by atoms with Crippen LogP contribution in [0.3, 0.4) is 0 Å². The predicted octanol–water partition coefficient (Wildman–Crippen LogP) is 5.00. The molecule has 2 aromatic carbocycles. The summed E-state index contributed by atoms with van der Waals surface area (Å²) in [4.78, 5) is 0. The third-order valence-electron chi connectivity index (χ3n) is 2.99. The molecular formula is C16H16BrClO2. The minimum Gasteiger partial charge on any atom is -0.497 e. The van der Waals surface area contributed by atoms with E-state index >= 15 is 0 Å². The number of alkyl halides is 1. The molecule has 0 aliphatic rings. The standard InChI is InChI=1S/C16H16BrClO2/c1-19-15-8-4-13(5-9-15)16(10-17)20-11-12-2-6-14(18)7-3-12/h2-9,16H,10-11H2,1H3. The lowest BCUT2D eigenvalue weighted by atomic mass is 10.1. The molecule has 2 rings (SSSR count). The summed E-state index contributed by atoms with van der Waals surface area (Å²) in [6.45, 7) is 0.555. The molecule has 0 saturated carbocycles. The van der Waals surface area contributed by atoms with Gasteiger partial charge in [-0.2, -0.15) is 0 Å². The Bertz CT molecular complexity index is 525. The fourth-order valence-corrected chi connectivity index (χ4v) is 2.51. The first-order valence-electron chi connectivity index (χ1n) is 6.29. The molecule has 0 spiro atoms. The van der Waals surface area contributed by atoms with E-state index in [1.807, 2.05) is 48.5 Å². The normalized spacial score (nSPS) is 12.2. The third-order valence-corrected chi connectivity index (χ3v) is 3.83. The molecule has 0 N–H and O–H groups in total. The van der Waals surface area contributed by atoms with E-state index in [1.165, 1.54) is 0 Å². The molecule has 0 bridgehead atoms. The third kappa shape index (κ3) is 4.23. The van der Waals surface area contributed by atoms with Crippen molar-refractivity contribution in [2.45, 2.75) is 12.7 Å². The molecular weight excluding hydrogens is 340 g/mol. The highest BCUT2D eigenvalue weighted by Crippen LogP contribution is 2.24. The Kier molecular flexibility index (Phi) is 5.89. The molecule has 0 aliphatic carbocycles. The molecule has 0 fully saturated rings. The van der Waals surface area contributed by atoms with Gasteiger partial charge in [-0.05, 0) is 35.4 Å². The first-order valence-corrected chi connectivity index (χ1v) is 7.79. The zero-order valence-electron chi connectivity index (χ0n) is 11.2. The first-order chi connectivity index (χ1) is 9.72. The summed E-state index contributed by atoms with van der Waals surface area (Å²) in [5, 5.41) is 1.48. The number of hydrogen-bond donors (Lipinski definition) is 0. The van der Waals surface area contributed by atoms with Crippen LogP contribution >= 0.6 is 27.5 Å². The van der Waals surface area contributed by atoms with Gasteiger partial charge >= 0.3 is 0 Å². The molecule has 2 nitrogen and oxygen atoms in total. The van der Waals surface area contributed by atoms with Crippen LogP contribution in [0.5, 0.6) is 5.75 Å². The lowest BCUT2D eigenvalue weighted by molar-refractivity contribution is 0.0566. The van der Waals surface area contributed by atoms with Gasteiger partial charge < -0.3 is 9.47 Å². The van der Waals surface area contributed by atoms with Crippen LogP contribution in [0.4, 0.5) is 0 Å². The average Bonchev–Trinajstić information content (AvgIpc) is 2.50. The predicted molar refractivity (Wildman–Crippen MR) is 85.8 cm³/mol. The van der Waals surface area contributed by atoms with E-state index in [1.54, 1.807) is 7.11 Å². The van der Waals surface area contributed by atoms with Crippen molar-refractivity contribution in [2.75, 3.05) is 12.4 Å². The summed E-state index contributed by atoms with van der Waals surface area (Å²) in [7, 11) is 1.66. The van der Waals surface area contributed by atoms with Crippen molar-refractivity contribution in [3.63, 3.8) is 0 Å². The molecule has 1 atom stereocenters. The van der Waals surface area contributed by atoms with E-state index in [2.05, 4.69) is 15.9 Å². The van der Waals surface area contributed by atoms with Gasteiger partial charge in [0.25, 0.3) is 0 Å². The fourth-order valence-electron chi connectivity index (χ4n) is 1.83. The molecule has 0 saturated heterocycles. The second kappa shape index (κ2) is 7.67. The maximum absolute atomic E-state index is 5.95. The van der Waals surface area contributed by atoms with E-state index in [-0.39, 0.29) is 6.10 Å². The van der Waals surface area contributed by atoms with E-state index in [0.29, 0.717) is 6.61 Å². The average molecular weight is 356 g/mol. The van der Waals surface area contributed by atoms with Crippen molar-refractivity contribution < 1.29 is 9.47 Å². The Labute approximate surface area is 132 Å². The van der Waals surface area contributed by atoms with Crippen molar-refractivity contribution in [3.8, 4) is 5.75 Å². The molecule has 106 valence electrons. The maximum Gasteiger partial charge on any atom is 0.118 e. The molecule has 0 aliphatic heterocycles. The van der Waals surface area contributed by atoms with Crippen LogP contribution in [0.1, 0.15) is 17.2 Å². The molecule has 0 radical (unpaired) electrons. The van der Waals surface area contributed by atoms with E-state index in [0.717, 1.165) is 27.2 Å². The van der Waals surface area contributed by atoms with Crippen LogP contribution in [-0.4, -0.2) is 12.4 Å². The number of halogens is 2. The Hall–Kier alpha value is -1.03. The van der Waals surface area contributed by atoms with Crippen molar-refractivity contribution in [2.24, 2.45) is 0 Å². The van der Waals surface area contributed by atoms with Crippen LogP contribution in [0.25, 0.3) is 0 Å². The van der Waals surface area contributed by atoms with Gasteiger partial charge in [0.2, 0.25) is 0 Å². The maximum atomic E-state index is 5.95. The number of methoxy groups -OCH3 is 1. The van der Waals surface area contributed by atoms with Crippen molar-refractivity contribution in [1.29, 1.82) is 0 Å². The minimum absolute atomic E-state index is 0.0107. The largest absolute Gasteiger partial charge is 0.497 e. The van der Waals surface area contributed by atoms with Crippen LogP contribution in [0.15, 0.2) is 48.5 Å². The highest BCUT2D eigenvalue weighted by molar-refractivity contribution is 9.09. The van der Waals surface area contributed by atoms with E-state index in [9.17, 15) is 0 Å². The number of ether oxygens (including phenoxy) is 2. The number of rotatable bonds is 6. The van der Waals surface area contributed by atoms with Gasteiger partial charge in [0.1, 0.15) is 5.75 Å². The Morgan fingerprint density at radius 1 is 1.05 bits per heavy atom. The lowest BCUT2D eigenvalue weighted by Crippen LogP contribution is -2.06. The molecule has 4 heteroatoms. The fraction of sp³-hybridized carbons (Fsp3) is 0.250. The van der Waals surface area contributed by atoms with E-state index < -0.39 is 0 Å². The van der Waals surface area contributed by atoms with Crippen LogP contribution in [0, 0.1) is 0 Å². The van der Waals surface area contributed by atoms with Gasteiger partial charge in [-0.15, -0.1) is 0 Å². The van der Waals surface area contributed by atoms with Gasteiger partial charge in [0.15, 0.2) is 0 Å². The van der Waals surface area contributed by atoms with Crippen LogP contribution < -0.4 is 4.74 Å². The summed E-state index contributed by atoms with van der Waals surface area (Å²) in [6, 6.07) is 15.6. The molecule has 20 heavy (non-hydrogen) atoms. The highest BCUT2D eigenvalue weighted by atomic mass is 79.9. The Balaban J connectivity index is 1.99. The smallest absolute Gasteiger partial charge is 0.118 e. The molecule has 0 heterocycles. The zero-order valence-corrected chi connectivity index (χ0v) is 13.5. The van der Waals surface area contributed by atoms with Crippen LogP contribution in [-0.2, 0) is 11.3 Å². The summed E-state index contributed by atoms with van der Waals surface area (Å²) >= 11 is 9.36. The monoisotopic (exact) mass is 354 g/mol. The van der Waals surface area contributed by atoms with E-state index in [4.69, 9.17) is 21.1 Å². The van der Waals surface area contributed by atoms with Gasteiger partial charge in [0.05, 0.1) is 19.8 Å². The first kappa shape index (κ1) is 15.4.